The molecule has 0 saturated heterocycles. The molecule has 2 aromatic heterocycles. The van der Waals surface area contributed by atoms with Crippen LogP contribution in [0.4, 0.5) is 0 Å². The van der Waals surface area contributed by atoms with Crippen molar-refractivity contribution in [3.8, 4) is 5.75 Å². The lowest BCUT2D eigenvalue weighted by Crippen LogP contribution is -2.00. The van der Waals surface area contributed by atoms with Gasteiger partial charge in [-0.1, -0.05) is 24.3 Å². The standard InChI is InChI=1S/C17H14N4O/c22-15-7-12-3-1-2-4-16(12)13(8-15)5-6-14-9-19-17-10-18-11-20-21(14)17/h1-4,7-11,22H,5-6H2. The Morgan fingerprint density at radius 1 is 1.05 bits per heavy atom. The van der Waals surface area contributed by atoms with Gasteiger partial charge in [0.1, 0.15) is 12.1 Å². The zero-order chi connectivity index (χ0) is 14.9. The van der Waals surface area contributed by atoms with Crippen LogP contribution >= 0.6 is 0 Å². The van der Waals surface area contributed by atoms with Crippen LogP contribution in [0.3, 0.4) is 0 Å². The SMILES string of the molecule is Oc1cc(CCc2cnc3cncnn23)c2ccccc2c1. The molecule has 2 heterocycles. The van der Waals surface area contributed by atoms with E-state index < -0.39 is 0 Å². The van der Waals surface area contributed by atoms with Gasteiger partial charge < -0.3 is 5.11 Å². The van der Waals surface area contributed by atoms with Crippen LogP contribution in [0.1, 0.15) is 11.3 Å². The normalized spacial score (nSPS) is 11.3. The van der Waals surface area contributed by atoms with Gasteiger partial charge >= 0.3 is 0 Å². The summed E-state index contributed by atoms with van der Waals surface area (Å²) < 4.78 is 1.80. The summed E-state index contributed by atoms with van der Waals surface area (Å²) in [6.45, 7) is 0. The molecule has 0 aliphatic rings. The number of hydrogen-bond donors (Lipinski definition) is 1. The second kappa shape index (κ2) is 5.11. The van der Waals surface area contributed by atoms with Crippen molar-refractivity contribution in [3.05, 3.63) is 66.4 Å². The van der Waals surface area contributed by atoms with Crippen molar-refractivity contribution >= 4 is 16.4 Å². The molecule has 0 unspecified atom stereocenters. The quantitative estimate of drug-likeness (QED) is 0.630. The van der Waals surface area contributed by atoms with Gasteiger partial charge in [-0.3, -0.25) is 0 Å². The maximum absolute atomic E-state index is 9.90. The number of rotatable bonds is 3. The van der Waals surface area contributed by atoms with Crippen molar-refractivity contribution in [2.45, 2.75) is 12.8 Å². The summed E-state index contributed by atoms with van der Waals surface area (Å²) >= 11 is 0. The van der Waals surface area contributed by atoms with E-state index in [-0.39, 0.29) is 0 Å². The fourth-order valence-corrected chi connectivity index (χ4v) is 2.81. The first-order chi connectivity index (χ1) is 10.8. The van der Waals surface area contributed by atoms with Crippen LogP contribution in [0.15, 0.2) is 55.1 Å². The zero-order valence-electron chi connectivity index (χ0n) is 11.8. The Kier molecular flexibility index (Phi) is 2.96. The molecule has 0 fully saturated rings. The van der Waals surface area contributed by atoms with Crippen LogP contribution in [0, 0.1) is 0 Å². The number of phenolic OH excluding ortho intramolecular Hbond substituents is 1. The highest BCUT2D eigenvalue weighted by Gasteiger charge is 2.07. The van der Waals surface area contributed by atoms with E-state index in [1.807, 2.05) is 30.5 Å². The molecular weight excluding hydrogens is 276 g/mol. The Bertz CT molecular complexity index is 961. The van der Waals surface area contributed by atoms with E-state index in [1.54, 1.807) is 16.8 Å². The van der Waals surface area contributed by atoms with Crippen LogP contribution in [0.5, 0.6) is 5.75 Å². The summed E-state index contributed by atoms with van der Waals surface area (Å²) in [5, 5.41) is 16.4. The molecule has 0 saturated carbocycles. The average molecular weight is 290 g/mol. The number of phenols is 1. The van der Waals surface area contributed by atoms with Crippen molar-refractivity contribution < 1.29 is 5.11 Å². The highest BCUT2D eigenvalue weighted by atomic mass is 16.3. The van der Waals surface area contributed by atoms with Gasteiger partial charge in [0.2, 0.25) is 0 Å². The van der Waals surface area contributed by atoms with Crippen molar-refractivity contribution in [1.29, 1.82) is 0 Å². The molecule has 0 bridgehead atoms. The van der Waals surface area contributed by atoms with Crippen LogP contribution in [0.2, 0.25) is 0 Å². The zero-order valence-corrected chi connectivity index (χ0v) is 11.8. The van der Waals surface area contributed by atoms with Gasteiger partial charge in [0.05, 0.1) is 18.1 Å². The Hall–Kier alpha value is -2.95. The molecule has 5 heteroatoms. The lowest BCUT2D eigenvalue weighted by atomic mass is 10.00. The molecule has 4 aromatic rings. The molecule has 108 valence electrons. The number of nitrogens with zero attached hydrogens (tertiary/aromatic N) is 4. The van der Waals surface area contributed by atoms with E-state index in [0.29, 0.717) is 5.75 Å². The summed E-state index contributed by atoms with van der Waals surface area (Å²) in [6, 6.07) is 11.7. The van der Waals surface area contributed by atoms with Gasteiger partial charge in [-0.25, -0.2) is 14.5 Å². The minimum absolute atomic E-state index is 0.300. The van der Waals surface area contributed by atoms with Gasteiger partial charge in [0.15, 0.2) is 5.65 Å². The van der Waals surface area contributed by atoms with Crippen LogP contribution in [-0.2, 0) is 12.8 Å². The van der Waals surface area contributed by atoms with E-state index in [9.17, 15) is 5.11 Å². The Labute approximate surface area is 126 Å². The summed E-state index contributed by atoms with van der Waals surface area (Å²) in [7, 11) is 0. The maximum atomic E-state index is 9.90. The fraction of sp³-hybridized carbons (Fsp3) is 0.118. The third-order valence-electron chi connectivity index (χ3n) is 3.84. The average Bonchev–Trinajstić information content (AvgIpc) is 2.96. The minimum Gasteiger partial charge on any atom is -0.508 e. The molecule has 4 rings (SSSR count). The van der Waals surface area contributed by atoms with Crippen LogP contribution < -0.4 is 0 Å². The molecule has 1 N–H and O–H groups in total. The summed E-state index contributed by atoms with van der Waals surface area (Å²) in [4.78, 5) is 8.27. The lowest BCUT2D eigenvalue weighted by Gasteiger charge is -2.07. The fourth-order valence-electron chi connectivity index (χ4n) is 2.81. The number of aromatic hydroxyl groups is 1. The van der Waals surface area contributed by atoms with Gasteiger partial charge in [-0.2, -0.15) is 5.10 Å². The molecule has 0 amide bonds. The first kappa shape index (κ1) is 12.8. The third-order valence-corrected chi connectivity index (χ3v) is 3.84. The summed E-state index contributed by atoms with van der Waals surface area (Å²) in [6.07, 6.45) is 6.65. The van der Waals surface area contributed by atoms with Gasteiger partial charge in [-0.05, 0) is 41.3 Å². The predicted molar refractivity (Wildman–Crippen MR) is 83.8 cm³/mol. The van der Waals surface area contributed by atoms with E-state index in [2.05, 4.69) is 21.1 Å². The maximum Gasteiger partial charge on any atom is 0.172 e. The van der Waals surface area contributed by atoms with Crippen molar-refractivity contribution in [2.75, 3.05) is 0 Å². The molecular formula is C17H14N4O. The van der Waals surface area contributed by atoms with E-state index in [1.165, 1.54) is 11.7 Å². The first-order valence-electron chi connectivity index (χ1n) is 7.14. The minimum atomic E-state index is 0.300. The lowest BCUT2D eigenvalue weighted by molar-refractivity contribution is 0.475. The smallest absolute Gasteiger partial charge is 0.172 e. The number of imidazole rings is 1. The van der Waals surface area contributed by atoms with Crippen LogP contribution in [0.25, 0.3) is 16.4 Å². The van der Waals surface area contributed by atoms with E-state index in [4.69, 9.17) is 0 Å². The second-order valence-electron chi connectivity index (χ2n) is 5.25. The van der Waals surface area contributed by atoms with E-state index >= 15 is 0 Å². The monoisotopic (exact) mass is 290 g/mol. The van der Waals surface area contributed by atoms with Crippen molar-refractivity contribution in [3.63, 3.8) is 0 Å². The molecule has 0 spiro atoms. The Balaban J connectivity index is 1.69. The third kappa shape index (κ3) is 2.16. The molecule has 0 aliphatic carbocycles. The topological polar surface area (TPSA) is 63.3 Å². The second-order valence-corrected chi connectivity index (χ2v) is 5.25. The Morgan fingerprint density at radius 3 is 2.91 bits per heavy atom. The first-order valence-corrected chi connectivity index (χ1v) is 7.14. The highest BCUT2D eigenvalue weighted by molar-refractivity contribution is 5.87. The van der Waals surface area contributed by atoms with Crippen molar-refractivity contribution in [2.24, 2.45) is 0 Å². The Morgan fingerprint density at radius 2 is 1.95 bits per heavy atom. The van der Waals surface area contributed by atoms with Crippen molar-refractivity contribution in [1.82, 2.24) is 19.6 Å². The van der Waals surface area contributed by atoms with Gasteiger partial charge in [0.25, 0.3) is 0 Å². The summed E-state index contributed by atoms with van der Waals surface area (Å²) in [5.41, 5.74) is 2.91. The predicted octanol–water partition coefficient (Wildman–Crippen LogP) is 2.77. The highest BCUT2D eigenvalue weighted by Crippen LogP contribution is 2.25. The van der Waals surface area contributed by atoms with Gasteiger partial charge in [-0.15, -0.1) is 0 Å². The number of hydrogen-bond acceptors (Lipinski definition) is 4. The number of benzene rings is 2. The molecule has 2 aromatic carbocycles. The molecule has 0 aliphatic heterocycles. The number of fused-ring (bicyclic) bond motifs is 2. The molecule has 5 nitrogen and oxygen atoms in total. The molecule has 22 heavy (non-hydrogen) atoms. The van der Waals surface area contributed by atoms with E-state index in [0.717, 1.165) is 35.1 Å². The number of aromatic nitrogens is 4. The summed E-state index contributed by atoms with van der Waals surface area (Å²) in [5.74, 6) is 0.300. The number of aryl methyl sites for hydroxylation is 2. The largest absolute Gasteiger partial charge is 0.508 e. The molecule has 0 atom stereocenters. The molecule has 0 radical (unpaired) electrons. The van der Waals surface area contributed by atoms with Crippen LogP contribution in [-0.4, -0.2) is 24.7 Å². The van der Waals surface area contributed by atoms with Gasteiger partial charge in [0, 0.05) is 0 Å².